The third-order valence-corrected chi connectivity index (χ3v) is 7.89. The molecule has 5 aromatic rings. The number of nitrogens with two attached hydrogens (primary N) is 1. The molecule has 0 aliphatic heterocycles. The van der Waals surface area contributed by atoms with Gasteiger partial charge in [-0.3, -0.25) is 4.79 Å². The summed E-state index contributed by atoms with van der Waals surface area (Å²) in [6.45, 7) is 0. The van der Waals surface area contributed by atoms with Gasteiger partial charge in [0, 0.05) is 23.8 Å². The van der Waals surface area contributed by atoms with Crippen molar-refractivity contribution in [1.29, 1.82) is 0 Å². The predicted molar refractivity (Wildman–Crippen MR) is 160 cm³/mol. The maximum Gasteiger partial charge on any atom is 0.321 e. The summed E-state index contributed by atoms with van der Waals surface area (Å²) in [5.41, 5.74) is 10.2. The summed E-state index contributed by atoms with van der Waals surface area (Å²) in [5, 5.41) is 14.1. The lowest BCUT2D eigenvalue weighted by atomic mass is 9.90. The van der Waals surface area contributed by atoms with Crippen LogP contribution < -0.4 is 15.8 Å². The Morgan fingerprint density at radius 2 is 1.59 bits per heavy atom. The SMILES string of the molecule is Nc1ncnc2c1c(-c1ccc(Oc3ccccc3)cc1)cn2C1CCC(N[C@H](Cc2ccccc2)C(=O)O)CC1. The Bertz CT molecular complexity index is 1610. The van der Waals surface area contributed by atoms with Crippen molar-refractivity contribution in [2.45, 2.75) is 50.2 Å². The van der Waals surface area contributed by atoms with Crippen molar-refractivity contribution in [1.82, 2.24) is 19.9 Å². The molecule has 0 saturated heterocycles. The smallest absolute Gasteiger partial charge is 0.321 e. The molecule has 2 aromatic heterocycles. The molecular weight excluding hydrogens is 514 g/mol. The largest absolute Gasteiger partial charge is 0.480 e. The van der Waals surface area contributed by atoms with Gasteiger partial charge in [0.05, 0.1) is 5.39 Å². The Morgan fingerprint density at radius 1 is 0.927 bits per heavy atom. The molecule has 1 atom stereocenters. The number of carboxylic acids is 1. The van der Waals surface area contributed by atoms with Crippen molar-refractivity contribution in [3.63, 3.8) is 0 Å². The van der Waals surface area contributed by atoms with Crippen LogP contribution in [-0.2, 0) is 11.2 Å². The minimum absolute atomic E-state index is 0.147. The van der Waals surface area contributed by atoms with Crippen LogP contribution in [0.1, 0.15) is 37.3 Å². The van der Waals surface area contributed by atoms with Crippen LogP contribution in [0.25, 0.3) is 22.2 Å². The number of nitrogens with zero attached hydrogens (tertiary/aromatic N) is 3. The van der Waals surface area contributed by atoms with Crippen molar-refractivity contribution in [3.8, 4) is 22.6 Å². The molecule has 0 unspecified atom stereocenters. The van der Waals surface area contributed by atoms with Gasteiger partial charge in [-0.1, -0.05) is 60.7 Å². The second-order valence-electron chi connectivity index (χ2n) is 10.6. The molecule has 3 aromatic carbocycles. The molecule has 0 bridgehead atoms. The number of hydrogen-bond donors (Lipinski definition) is 3. The van der Waals surface area contributed by atoms with E-state index in [1.807, 2.05) is 84.9 Å². The zero-order valence-corrected chi connectivity index (χ0v) is 22.7. The molecule has 1 aliphatic carbocycles. The molecular formula is C33H33N5O3. The van der Waals surface area contributed by atoms with Gasteiger partial charge in [-0.15, -0.1) is 0 Å². The predicted octanol–water partition coefficient (Wildman–Crippen LogP) is 6.24. The van der Waals surface area contributed by atoms with Gasteiger partial charge in [-0.2, -0.15) is 0 Å². The quantitative estimate of drug-likeness (QED) is 0.200. The van der Waals surface area contributed by atoms with Gasteiger partial charge >= 0.3 is 5.97 Å². The van der Waals surface area contributed by atoms with Crippen molar-refractivity contribution in [3.05, 3.63) is 103 Å². The minimum Gasteiger partial charge on any atom is -0.480 e. The lowest BCUT2D eigenvalue weighted by Gasteiger charge is -2.32. The van der Waals surface area contributed by atoms with Gasteiger partial charge in [-0.25, -0.2) is 9.97 Å². The zero-order valence-electron chi connectivity index (χ0n) is 22.7. The number of nitrogens with one attached hydrogen (secondary N) is 1. The average molecular weight is 548 g/mol. The number of aromatic nitrogens is 3. The van der Waals surface area contributed by atoms with E-state index in [-0.39, 0.29) is 12.1 Å². The number of carbonyl (C=O) groups is 1. The van der Waals surface area contributed by atoms with E-state index < -0.39 is 12.0 Å². The molecule has 6 rings (SSSR count). The number of hydrogen-bond acceptors (Lipinski definition) is 6. The number of aliphatic carboxylic acids is 1. The van der Waals surface area contributed by atoms with E-state index in [4.69, 9.17) is 10.5 Å². The lowest BCUT2D eigenvalue weighted by molar-refractivity contribution is -0.139. The third kappa shape index (κ3) is 5.93. The first-order chi connectivity index (χ1) is 20.0. The number of carboxylic acid groups (broad SMARTS) is 1. The van der Waals surface area contributed by atoms with Crippen LogP contribution in [0, 0.1) is 0 Å². The number of ether oxygens (including phenoxy) is 1. The van der Waals surface area contributed by atoms with Crippen molar-refractivity contribution in [2.75, 3.05) is 5.73 Å². The maximum absolute atomic E-state index is 12.0. The van der Waals surface area contributed by atoms with Crippen LogP contribution >= 0.6 is 0 Å². The van der Waals surface area contributed by atoms with Crippen molar-refractivity contribution < 1.29 is 14.6 Å². The van der Waals surface area contributed by atoms with E-state index in [1.54, 1.807) is 0 Å². The van der Waals surface area contributed by atoms with Gasteiger partial charge in [0.25, 0.3) is 0 Å². The third-order valence-electron chi connectivity index (χ3n) is 7.89. The highest BCUT2D eigenvalue weighted by molar-refractivity contribution is 6.00. The summed E-state index contributed by atoms with van der Waals surface area (Å²) in [5.74, 6) is 1.18. The first-order valence-electron chi connectivity index (χ1n) is 14.0. The highest BCUT2D eigenvalue weighted by atomic mass is 16.5. The number of fused-ring (bicyclic) bond motifs is 1. The molecule has 41 heavy (non-hydrogen) atoms. The van der Waals surface area contributed by atoms with E-state index in [9.17, 15) is 9.90 Å². The van der Waals surface area contributed by atoms with Crippen LogP contribution in [0.2, 0.25) is 0 Å². The molecule has 208 valence electrons. The second-order valence-corrected chi connectivity index (χ2v) is 10.6. The summed E-state index contributed by atoms with van der Waals surface area (Å²) < 4.78 is 8.20. The van der Waals surface area contributed by atoms with Gasteiger partial charge in [-0.05, 0) is 67.5 Å². The molecule has 0 spiro atoms. The van der Waals surface area contributed by atoms with Gasteiger partial charge in [0.2, 0.25) is 0 Å². The fourth-order valence-corrected chi connectivity index (χ4v) is 5.81. The fraction of sp³-hybridized carbons (Fsp3) is 0.242. The number of benzene rings is 3. The highest BCUT2D eigenvalue weighted by Gasteiger charge is 2.28. The Hall–Kier alpha value is -4.69. The Morgan fingerprint density at radius 3 is 2.27 bits per heavy atom. The molecule has 8 nitrogen and oxygen atoms in total. The van der Waals surface area contributed by atoms with Crippen LogP contribution in [0.4, 0.5) is 5.82 Å². The molecule has 0 radical (unpaired) electrons. The van der Waals surface area contributed by atoms with Crippen LogP contribution in [-0.4, -0.2) is 37.7 Å². The molecule has 4 N–H and O–H groups in total. The van der Waals surface area contributed by atoms with E-state index in [1.165, 1.54) is 6.33 Å². The number of nitrogen functional groups attached to an aromatic ring is 1. The summed E-state index contributed by atoms with van der Waals surface area (Å²) in [7, 11) is 0. The molecule has 2 heterocycles. The summed E-state index contributed by atoms with van der Waals surface area (Å²) >= 11 is 0. The first kappa shape index (κ1) is 26.5. The Kier molecular flexibility index (Phi) is 7.65. The molecule has 1 saturated carbocycles. The van der Waals surface area contributed by atoms with E-state index in [2.05, 4.69) is 26.0 Å². The van der Waals surface area contributed by atoms with E-state index in [0.29, 0.717) is 12.2 Å². The normalized spacial score (nSPS) is 17.8. The Balaban J connectivity index is 1.18. The molecule has 0 amide bonds. The first-order valence-corrected chi connectivity index (χ1v) is 14.0. The lowest BCUT2D eigenvalue weighted by Crippen LogP contribution is -2.46. The van der Waals surface area contributed by atoms with Crippen LogP contribution in [0.15, 0.2) is 97.5 Å². The minimum atomic E-state index is -0.815. The van der Waals surface area contributed by atoms with Crippen LogP contribution in [0.3, 0.4) is 0 Å². The van der Waals surface area contributed by atoms with Gasteiger partial charge < -0.3 is 25.5 Å². The molecule has 1 fully saturated rings. The molecule has 1 aliphatic rings. The second kappa shape index (κ2) is 11.8. The fourth-order valence-electron chi connectivity index (χ4n) is 5.81. The van der Waals surface area contributed by atoms with Gasteiger partial charge in [0.1, 0.15) is 35.3 Å². The number of rotatable bonds is 9. The number of anilines is 1. The van der Waals surface area contributed by atoms with Crippen molar-refractivity contribution >= 4 is 22.8 Å². The number of para-hydroxylation sites is 1. The summed E-state index contributed by atoms with van der Waals surface area (Å²) in [6, 6.07) is 27.2. The van der Waals surface area contributed by atoms with Crippen molar-refractivity contribution in [2.24, 2.45) is 0 Å². The van der Waals surface area contributed by atoms with Gasteiger partial charge in [0.15, 0.2) is 0 Å². The maximum atomic E-state index is 12.0. The Labute approximate surface area is 238 Å². The van der Waals surface area contributed by atoms with Crippen LogP contribution in [0.5, 0.6) is 11.5 Å². The highest BCUT2D eigenvalue weighted by Crippen LogP contribution is 2.38. The average Bonchev–Trinajstić information content (AvgIpc) is 3.40. The summed E-state index contributed by atoms with van der Waals surface area (Å²) in [6.07, 6.45) is 7.69. The molecule has 8 heteroatoms. The topological polar surface area (TPSA) is 115 Å². The summed E-state index contributed by atoms with van der Waals surface area (Å²) in [4.78, 5) is 20.9. The zero-order chi connectivity index (χ0) is 28.2. The van der Waals surface area contributed by atoms with E-state index in [0.717, 1.165) is 64.9 Å². The monoisotopic (exact) mass is 547 g/mol. The standard InChI is InChI=1S/C33H33N5O3/c34-31-30-28(23-11-17-27(18-12-23)41-26-9-5-2-6-10-26)20-38(32(30)36-21-35-31)25-15-13-24(14-16-25)37-29(33(39)40)19-22-7-3-1-4-8-22/h1-12,17-18,20-21,24-25,29,37H,13-16,19H2,(H,39,40)(H2,34,35,36)/t24?,25?,29-/m1/s1. The van der Waals surface area contributed by atoms with E-state index >= 15 is 0 Å².